The zero-order chi connectivity index (χ0) is 19.4. The zero-order valence-corrected chi connectivity index (χ0v) is 18.9. The maximum Gasteiger partial charge on any atom is 0.264 e. The highest BCUT2D eigenvalue weighted by Crippen LogP contribution is 2.43. The Morgan fingerprint density at radius 1 is 1.00 bits per heavy atom. The molecule has 158 valence electrons. The standard InChI is InChI=1S/C21H27N3O2S2.ClH/c25-19(17-5-3-15-27-17)24-13-11-23(12-14-24)10-9-22-20(26)21(7-1-2-8-21)18-6-4-16-28-18;/h3-6,15-16H,1-2,7-14H2,(H,22,26);1H. The molecular formula is C21H28ClN3O2S2. The van der Waals surface area contributed by atoms with Gasteiger partial charge in [-0.05, 0) is 35.7 Å². The van der Waals surface area contributed by atoms with Gasteiger partial charge in [0.1, 0.15) is 0 Å². The minimum Gasteiger partial charge on any atom is -0.354 e. The van der Waals surface area contributed by atoms with Gasteiger partial charge in [-0.25, -0.2) is 0 Å². The molecule has 1 N–H and O–H groups in total. The van der Waals surface area contributed by atoms with Crippen LogP contribution >= 0.6 is 35.1 Å². The lowest BCUT2D eigenvalue weighted by molar-refractivity contribution is -0.126. The van der Waals surface area contributed by atoms with Crippen molar-refractivity contribution in [1.29, 1.82) is 0 Å². The Morgan fingerprint density at radius 3 is 2.31 bits per heavy atom. The molecule has 2 aromatic rings. The van der Waals surface area contributed by atoms with Gasteiger partial charge in [-0.15, -0.1) is 35.1 Å². The van der Waals surface area contributed by atoms with Gasteiger partial charge in [0.25, 0.3) is 5.91 Å². The van der Waals surface area contributed by atoms with Gasteiger partial charge < -0.3 is 10.2 Å². The normalized spacial score (nSPS) is 19.0. The van der Waals surface area contributed by atoms with Crippen molar-refractivity contribution < 1.29 is 9.59 Å². The highest BCUT2D eigenvalue weighted by atomic mass is 35.5. The van der Waals surface area contributed by atoms with Crippen LogP contribution in [0, 0.1) is 0 Å². The summed E-state index contributed by atoms with van der Waals surface area (Å²) in [5, 5.41) is 7.22. The largest absolute Gasteiger partial charge is 0.354 e. The van der Waals surface area contributed by atoms with Crippen LogP contribution in [0.3, 0.4) is 0 Å². The zero-order valence-electron chi connectivity index (χ0n) is 16.5. The maximum atomic E-state index is 13.0. The molecule has 2 amide bonds. The highest BCUT2D eigenvalue weighted by molar-refractivity contribution is 7.12. The molecule has 0 spiro atoms. The molecule has 1 saturated carbocycles. The fourth-order valence-electron chi connectivity index (χ4n) is 4.34. The number of hydrogen-bond acceptors (Lipinski definition) is 5. The average Bonchev–Trinajstić information content (AvgIpc) is 3.50. The number of rotatable bonds is 6. The van der Waals surface area contributed by atoms with Crippen molar-refractivity contribution in [2.45, 2.75) is 31.1 Å². The van der Waals surface area contributed by atoms with Crippen LogP contribution in [-0.2, 0) is 10.2 Å². The van der Waals surface area contributed by atoms with Gasteiger partial charge in [-0.2, -0.15) is 0 Å². The van der Waals surface area contributed by atoms with E-state index in [1.165, 1.54) is 16.2 Å². The first-order valence-corrected chi connectivity index (χ1v) is 11.8. The third-order valence-corrected chi connectivity index (χ3v) is 7.92. The monoisotopic (exact) mass is 453 g/mol. The Morgan fingerprint density at radius 2 is 1.69 bits per heavy atom. The van der Waals surface area contributed by atoms with E-state index in [2.05, 4.69) is 21.7 Å². The second-order valence-electron chi connectivity index (χ2n) is 7.63. The van der Waals surface area contributed by atoms with E-state index >= 15 is 0 Å². The molecule has 0 unspecified atom stereocenters. The molecule has 3 heterocycles. The van der Waals surface area contributed by atoms with Gasteiger partial charge in [-0.3, -0.25) is 14.5 Å². The smallest absolute Gasteiger partial charge is 0.264 e. The van der Waals surface area contributed by atoms with E-state index in [9.17, 15) is 9.59 Å². The van der Waals surface area contributed by atoms with Crippen molar-refractivity contribution >= 4 is 46.9 Å². The van der Waals surface area contributed by atoms with E-state index in [4.69, 9.17) is 0 Å². The van der Waals surface area contributed by atoms with Crippen molar-refractivity contribution in [3.63, 3.8) is 0 Å². The van der Waals surface area contributed by atoms with Crippen molar-refractivity contribution in [2.24, 2.45) is 0 Å². The second kappa shape index (κ2) is 10.1. The lowest BCUT2D eigenvalue weighted by Crippen LogP contribution is -2.51. The number of carbonyl (C=O) groups is 2. The van der Waals surface area contributed by atoms with Crippen LogP contribution in [0.4, 0.5) is 0 Å². The lowest BCUT2D eigenvalue weighted by Gasteiger charge is -2.35. The molecule has 1 aliphatic heterocycles. The fraction of sp³-hybridized carbons (Fsp3) is 0.524. The molecule has 4 rings (SSSR count). The minimum atomic E-state index is -0.306. The van der Waals surface area contributed by atoms with Crippen LogP contribution < -0.4 is 5.32 Å². The van der Waals surface area contributed by atoms with Crippen molar-refractivity contribution in [1.82, 2.24) is 15.1 Å². The molecule has 5 nitrogen and oxygen atoms in total. The van der Waals surface area contributed by atoms with E-state index in [0.717, 1.165) is 63.3 Å². The predicted octanol–water partition coefficient (Wildman–Crippen LogP) is 3.62. The molecule has 0 bridgehead atoms. The summed E-state index contributed by atoms with van der Waals surface area (Å²) >= 11 is 3.20. The van der Waals surface area contributed by atoms with Crippen molar-refractivity contribution in [3.8, 4) is 0 Å². The summed E-state index contributed by atoms with van der Waals surface area (Å²) in [6.07, 6.45) is 4.18. The average molecular weight is 454 g/mol. The van der Waals surface area contributed by atoms with Crippen molar-refractivity contribution in [3.05, 3.63) is 44.8 Å². The molecule has 8 heteroatoms. The molecule has 2 fully saturated rings. The predicted molar refractivity (Wildman–Crippen MR) is 121 cm³/mol. The van der Waals surface area contributed by atoms with Gasteiger partial charge in [0, 0.05) is 44.1 Å². The van der Waals surface area contributed by atoms with Gasteiger partial charge in [0.15, 0.2) is 0 Å². The summed E-state index contributed by atoms with van der Waals surface area (Å²) in [5.41, 5.74) is -0.306. The van der Waals surface area contributed by atoms with E-state index in [-0.39, 0.29) is 29.6 Å². The number of carbonyl (C=O) groups excluding carboxylic acids is 2. The van der Waals surface area contributed by atoms with Crippen LogP contribution in [0.5, 0.6) is 0 Å². The van der Waals surface area contributed by atoms with Crippen LogP contribution in [-0.4, -0.2) is 60.9 Å². The van der Waals surface area contributed by atoms with Crippen molar-refractivity contribution in [2.75, 3.05) is 39.3 Å². The molecule has 1 saturated heterocycles. The minimum absolute atomic E-state index is 0. The molecule has 2 aromatic heterocycles. The summed E-state index contributed by atoms with van der Waals surface area (Å²) in [6.45, 7) is 4.75. The van der Waals surface area contributed by atoms with Crippen LogP contribution in [0.1, 0.15) is 40.2 Å². The van der Waals surface area contributed by atoms with E-state index < -0.39 is 0 Å². The van der Waals surface area contributed by atoms with Gasteiger partial charge >= 0.3 is 0 Å². The van der Waals surface area contributed by atoms with E-state index in [0.29, 0.717) is 6.54 Å². The van der Waals surface area contributed by atoms with Gasteiger partial charge in [0.2, 0.25) is 5.91 Å². The Labute approximate surface area is 186 Å². The van der Waals surface area contributed by atoms with Gasteiger partial charge in [0.05, 0.1) is 10.3 Å². The summed E-state index contributed by atoms with van der Waals surface area (Å²) < 4.78 is 0. The van der Waals surface area contributed by atoms with Crippen LogP contribution in [0.25, 0.3) is 0 Å². The SMILES string of the molecule is Cl.O=C(c1cccs1)N1CCN(CCNC(=O)C2(c3cccs3)CCCC2)CC1. The number of thiophene rings is 2. The third kappa shape index (κ3) is 4.85. The number of nitrogens with one attached hydrogen (secondary N) is 1. The summed E-state index contributed by atoms with van der Waals surface area (Å²) in [7, 11) is 0. The Balaban J connectivity index is 0.00000240. The van der Waals surface area contributed by atoms with Crippen LogP contribution in [0.15, 0.2) is 35.0 Å². The molecule has 0 aromatic carbocycles. The number of hydrogen-bond donors (Lipinski definition) is 1. The second-order valence-corrected chi connectivity index (χ2v) is 9.53. The molecule has 0 radical (unpaired) electrons. The summed E-state index contributed by atoms with van der Waals surface area (Å²) in [5.74, 6) is 0.334. The van der Waals surface area contributed by atoms with E-state index in [1.54, 1.807) is 11.3 Å². The first kappa shape index (κ1) is 22.3. The third-order valence-electron chi connectivity index (χ3n) is 5.99. The fourth-order valence-corrected chi connectivity index (χ4v) is 6.02. The quantitative estimate of drug-likeness (QED) is 0.726. The number of nitrogens with zero attached hydrogens (tertiary/aromatic N) is 2. The first-order valence-electron chi connectivity index (χ1n) is 10.1. The number of amides is 2. The molecule has 29 heavy (non-hydrogen) atoms. The molecule has 1 aliphatic carbocycles. The highest BCUT2D eigenvalue weighted by Gasteiger charge is 2.43. The Hall–Kier alpha value is -1.41. The Bertz CT molecular complexity index is 781. The summed E-state index contributed by atoms with van der Waals surface area (Å²) in [6, 6.07) is 7.97. The number of piperazine rings is 1. The van der Waals surface area contributed by atoms with Gasteiger partial charge in [-0.1, -0.05) is 25.0 Å². The lowest BCUT2D eigenvalue weighted by atomic mass is 9.83. The topological polar surface area (TPSA) is 52.7 Å². The summed E-state index contributed by atoms with van der Waals surface area (Å²) in [4.78, 5) is 31.7. The Kier molecular flexibility index (Phi) is 7.73. The molecule has 0 atom stereocenters. The number of halogens is 1. The van der Waals surface area contributed by atoms with Crippen LogP contribution in [0.2, 0.25) is 0 Å². The molecule has 2 aliphatic rings. The van der Waals surface area contributed by atoms with E-state index in [1.807, 2.05) is 28.5 Å². The molecular weight excluding hydrogens is 426 g/mol. The first-order chi connectivity index (χ1) is 13.7. The maximum absolute atomic E-state index is 13.0.